The molecule has 0 aliphatic carbocycles. The normalized spacial score (nSPS) is 12.6. The molecule has 0 atom stereocenters. The molecule has 2 aromatic rings. The first kappa shape index (κ1) is 21.2. The van der Waals surface area contributed by atoms with Crippen LogP contribution in [0, 0.1) is 0 Å². The summed E-state index contributed by atoms with van der Waals surface area (Å²) >= 11 is 11.3. The SMILES string of the molecule is O=C(NC(Nc1ccc(Cl)c(Cl)c1)(C(F)(F)F)C(F)(F)F)c1ccccc1. The Morgan fingerprint density at radius 1 is 0.815 bits per heavy atom. The van der Waals surface area contributed by atoms with Gasteiger partial charge in [-0.3, -0.25) is 4.79 Å². The third-order valence-corrected chi connectivity index (χ3v) is 4.18. The minimum Gasteiger partial charge on any atom is -0.348 e. The molecule has 0 fully saturated rings. The van der Waals surface area contributed by atoms with Gasteiger partial charge in [0, 0.05) is 11.3 Å². The molecule has 0 unspecified atom stereocenters. The molecule has 0 saturated carbocycles. The summed E-state index contributed by atoms with van der Waals surface area (Å²) in [5.41, 5.74) is -5.79. The lowest BCUT2D eigenvalue weighted by molar-refractivity contribution is -0.294. The van der Waals surface area contributed by atoms with Gasteiger partial charge in [-0.05, 0) is 30.3 Å². The monoisotopic (exact) mass is 430 g/mol. The predicted octanol–water partition coefficient (Wildman–Crippen LogP) is 5.66. The Labute approximate surface area is 159 Å². The van der Waals surface area contributed by atoms with Crippen molar-refractivity contribution in [1.29, 1.82) is 0 Å². The molecule has 27 heavy (non-hydrogen) atoms. The van der Waals surface area contributed by atoms with E-state index in [4.69, 9.17) is 23.2 Å². The highest BCUT2D eigenvalue weighted by atomic mass is 35.5. The molecule has 0 saturated heterocycles. The van der Waals surface area contributed by atoms with Crippen LogP contribution in [0.4, 0.5) is 32.0 Å². The van der Waals surface area contributed by atoms with Gasteiger partial charge in [0.15, 0.2) is 0 Å². The first-order valence-electron chi connectivity index (χ1n) is 7.11. The molecule has 0 aromatic heterocycles. The Morgan fingerprint density at radius 2 is 1.37 bits per heavy atom. The number of hydrogen-bond acceptors (Lipinski definition) is 2. The molecule has 0 aliphatic heterocycles. The standard InChI is InChI=1S/C16H10Cl2F6N2O/c17-11-7-6-10(8-12(11)18)25-14(15(19,20)21,16(22,23)24)26-13(27)9-4-2-1-3-5-9/h1-8,25H,(H,26,27). The molecule has 146 valence electrons. The van der Waals surface area contributed by atoms with E-state index in [1.54, 1.807) is 0 Å². The lowest BCUT2D eigenvalue weighted by Crippen LogP contribution is -2.72. The number of halogens is 8. The number of benzene rings is 2. The van der Waals surface area contributed by atoms with Gasteiger partial charge in [-0.25, -0.2) is 0 Å². The highest BCUT2D eigenvalue weighted by Gasteiger charge is 2.72. The molecule has 1 amide bonds. The van der Waals surface area contributed by atoms with E-state index in [0.29, 0.717) is 0 Å². The van der Waals surface area contributed by atoms with E-state index in [0.717, 1.165) is 35.6 Å². The van der Waals surface area contributed by atoms with Crippen molar-refractivity contribution >= 4 is 34.8 Å². The summed E-state index contributed by atoms with van der Waals surface area (Å²) < 4.78 is 81.3. The van der Waals surface area contributed by atoms with Gasteiger partial charge in [0.2, 0.25) is 0 Å². The van der Waals surface area contributed by atoms with Crippen molar-refractivity contribution in [2.75, 3.05) is 5.32 Å². The van der Waals surface area contributed by atoms with E-state index in [1.165, 1.54) is 23.5 Å². The molecule has 0 heterocycles. The van der Waals surface area contributed by atoms with Gasteiger partial charge in [-0.15, -0.1) is 0 Å². The maximum atomic E-state index is 13.6. The molecule has 2 aromatic carbocycles. The molecule has 0 radical (unpaired) electrons. The number of alkyl halides is 6. The largest absolute Gasteiger partial charge is 0.439 e. The second kappa shape index (κ2) is 7.47. The first-order valence-corrected chi connectivity index (χ1v) is 7.87. The van der Waals surface area contributed by atoms with E-state index in [-0.39, 0.29) is 15.6 Å². The summed E-state index contributed by atoms with van der Waals surface area (Å²) in [6.07, 6.45) is -11.9. The zero-order valence-corrected chi connectivity index (χ0v) is 14.6. The quantitative estimate of drug-likeness (QED) is 0.485. The van der Waals surface area contributed by atoms with Crippen LogP contribution in [0.15, 0.2) is 48.5 Å². The van der Waals surface area contributed by atoms with Crippen LogP contribution in [-0.4, -0.2) is 23.9 Å². The number of nitrogens with one attached hydrogen (secondary N) is 2. The Hall–Kier alpha value is -2.13. The number of amides is 1. The molecule has 0 bridgehead atoms. The minimum atomic E-state index is -5.94. The van der Waals surface area contributed by atoms with E-state index in [2.05, 4.69) is 0 Å². The molecule has 11 heteroatoms. The van der Waals surface area contributed by atoms with Crippen LogP contribution in [0.25, 0.3) is 0 Å². The molecule has 0 spiro atoms. The number of hydrogen-bond donors (Lipinski definition) is 2. The first-order chi connectivity index (χ1) is 12.4. The summed E-state index contributed by atoms with van der Waals surface area (Å²) in [7, 11) is 0. The average molecular weight is 431 g/mol. The maximum absolute atomic E-state index is 13.6. The lowest BCUT2D eigenvalue weighted by atomic mass is 10.1. The Kier molecular flexibility index (Phi) is 5.86. The van der Waals surface area contributed by atoms with Crippen LogP contribution in [0.1, 0.15) is 10.4 Å². The molecular weight excluding hydrogens is 421 g/mol. The predicted molar refractivity (Wildman–Crippen MR) is 88.8 cm³/mol. The van der Waals surface area contributed by atoms with Crippen molar-refractivity contribution in [3.63, 3.8) is 0 Å². The van der Waals surface area contributed by atoms with Crippen LogP contribution in [-0.2, 0) is 0 Å². The molecule has 3 nitrogen and oxygen atoms in total. The van der Waals surface area contributed by atoms with E-state index in [1.807, 2.05) is 0 Å². The number of anilines is 1. The van der Waals surface area contributed by atoms with E-state index in [9.17, 15) is 31.1 Å². The Balaban J connectivity index is 2.53. The van der Waals surface area contributed by atoms with Crippen molar-refractivity contribution < 1.29 is 31.1 Å². The summed E-state index contributed by atoms with van der Waals surface area (Å²) in [4.78, 5) is 12.1. The summed E-state index contributed by atoms with van der Waals surface area (Å²) in [6, 6.07) is 8.86. The Morgan fingerprint density at radius 3 is 1.85 bits per heavy atom. The number of rotatable bonds is 4. The summed E-state index contributed by atoms with van der Waals surface area (Å²) in [6.45, 7) is 0. The third kappa shape index (κ3) is 4.41. The minimum absolute atomic E-state index is 0.0693. The fourth-order valence-corrected chi connectivity index (χ4v) is 2.40. The number of carbonyl (C=O) groups excluding carboxylic acids is 1. The zero-order valence-electron chi connectivity index (χ0n) is 13.1. The van der Waals surface area contributed by atoms with Crippen molar-refractivity contribution in [1.82, 2.24) is 5.32 Å². The fourth-order valence-electron chi connectivity index (χ4n) is 2.10. The molecular formula is C16H10Cl2F6N2O. The van der Waals surface area contributed by atoms with Crippen LogP contribution < -0.4 is 10.6 Å². The third-order valence-electron chi connectivity index (χ3n) is 3.44. The fraction of sp³-hybridized carbons (Fsp3) is 0.188. The van der Waals surface area contributed by atoms with Crippen molar-refractivity contribution in [3.05, 3.63) is 64.1 Å². The van der Waals surface area contributed by atoms with Crippen molar-refractivity contribution in [3.8, 4) is 0 Å². The summed E-state index contributed by atoms with van der Waals surface area (Å²) in [5, 5.41) is 2.01. The van der Waals surface area contributed by atoms with Gasteiger partial charge in [-0.1, -0.05) is 41.4 Å². The van der Waals surface area contributed by atoms with Crippen molar-refractivity contribution in [2.45, 2.75) is 18.0 Å². The van der Waals surface area contributed by atoms with Crippen LogP contribution >= 0.6 is 23.2 Å². The number of carbonyl (C=O) groups is 1. The van der Waals surface area contributed by atoms with Crippen molar-refractivity contribution in [2.24, 2.45) is 0 Å². The smallest absolute Gasteiger partial charge is 0.348 e. The second-order valence-corrected chi connectivity index (χ2v) is 6.13. The van der Waals surface area contributed by atoms with Gasteiger partial charge in [0.05, 0.1) is 10.0 Å². The van der Waals surface area contributed by atoms with Crippen LogP contribution in [0.2, 0.25) is 10.0 Å². The topological polar surface area (TPSA) is 41.1 Å². The second-order valence-electron chi connectivity index (χ2n) is 5.32. The van der Waals surface area contributed by atoms with Gasteiger partial charge < -0.3 is 10.6 Å². The van der Waals surface area contributed by atoms with Gasteiger partial charge in [0.1, 0.15) is 0 Å². The lowest BCUT2D eigenvalue weighted by Gasteiger charge is -2.39. The van der Waals surface area contributed by atoms with Gasteiger partial charge >= 0.3 is 18.0 Å². The summed E-state index contributed by atoms with van der Waals surface area (Å²) in [5.74, 6) is -1.57. The highest BCUT2D eigenvalue weighted by Crippen LogP contribution is 2.44. The zero-order chi connectivity index (χ0) is 20.5. The van der Waals surface area contributed by atoms with Crippen LogP contribution in [0.3, 0.4) is 0 Å². The van der Waals surface area contributed by atoms with Crippen LogP contribution in [0.5, 0.6) is 0 Å². The maximum Gasteiger partial charge on any atom is 0.439 e. The van der Waals surface area contributed by atoms with E-state index >= 15 is 0 Å². The average Bonchev–Trinajstić information content (AvgIpc) is 2.56. The van der Waals surface area contributed by atoms with E-state index < -0.39 is 29.6 Å². The van der Waals surface area contributed by atoms with Gasteiger partial charge in [0.25, 0.3) is 5.91 Å². The Bertz CT molecular complexity index is 810. The highest BCUT2D eigenvalue weighted by molar-refractivity contribution is 6.42. The van der Waals surface area contributed by atoms with Gasteiger partial charge in [-0.2, -0.15) is 26.3 Å². The molecule has 2 N–H and O–H groups in total. The molecule has 0 aliphatic rings. The molecule has 2 rings (SSSR count).